The van der Waals surface area contributed by atoms with Crippen LogP contribution in [0.2, 0.25) is 5.02 Å². The highest BCUT2D eigenvalue weighted by Gasteiger charge is 2.09. The number of benzene rings is 1. The van der Waals surface area contributed by atoms with Crippen molar-refractivity contribution in [2.24, 2.45) is 0 Å². The van der Waals surface area contributed by atoms with Crippen LogP contribution >= 0.6 is 22.9 Å². The molecule has 0 saturated carbocycles. The first-order valence-corrected chi connectivity index (χ1v) is 9.05. The number of thiophene rings is 1. The van der Waals surface area contributed by atoms with Crippen molar-refractivity contribution in [3.63, 3.8) is 0 Å². The van der Waals surface area contributed by atoms with Gasteiger partial charge in [0.2, 0.25) is 5.91 Å². The molecule has 0 radical (unpaired) electrons. The molecule has 2 aromatic heterocycles. The number of nitrogens with zero attached hydrogens (tertiary/aromatic N) is 1. The summed E-state index contributed by atoms with van der Waals surface area (Å²) in [6.45, 7) is 0.597. The van der Waals surface area contributed by atoms with Gasteiger partial charge in [-0.3, -0.25) is 4.79 Å². The minimum Gasteiger partial charge on any atom is -0.356 e. The number of hydrogen-bond acceptors (Lipinski definition) is 3. The molecule has 0 spiro atoms. The van der Waals surface area contributed by atoms with E-state index >= 15 is 0 Å². The number of H-pyrrole nitrogens is 1. The van der Waals surface area contributed by atoms with E-state index in [1.807, 2.05) is 35.7 Å². The van der Waals surface area contributed by atoms with Crippen LogP contribution in [0.1, 0.15) is 17.7 Å². The molecule has 0 aliphatic carbocycles. The Bertz CT molecular complexity index is 781. The number of nitrogens with one attached hydrogen (secondary N) is 2. The van der Waals surface area contributed by atoms with E-state index in [0.717, 1.165) is 28.2 Å². The van der Waals surface area contributed by atoms with Crippen LogP contribution in [0.15, 0.2) is 48.1 Å². The largest absolute Gasteiger partial charge is 0.356 e. The number of carbonyl (C=O) groups is 1. The van der Waals surface area contributed by atoms with Gasteiger partial charge in [0.15, 0.2) is 0 Å². The lowest BCUT2D eigenvalue weighted by atomic mass is 10.1. The van der Waals surface area contributed by atoms with Crippen LogP contribution in [0.25, 0.3) is 10.6 Å². The summed E-state index contributed by atoms with van der Waals surface area (Å²) in [5.74, 6) is 0.0575. The molecule has 3 rings (SSSR count). The number of hydrogen-bond donors (Lipinski definition) is 2. The van der Waals surface area contributed by atoms with E-state index in [1.165, 1.54) is 0 Å². The third kappa shape index (κ3) is 4.46. The van der Waals surface area contributed by atoms with E-state index < -0.39 is 0 Å². The molecular weight excluding hydrogens is 342 g/mol. The number of aryl methyl sites for hydroxylation is 1. The maximum absolute atomic E-state index is 12.0. The number of aromatic amines is 1. The molecule has 2 heterocycles. The number of rotatable bonds is 7. The lowest BCUT2D eigenvalue weighted by Crippen LogP contribution is -2.26. The molecule has 0 unspecified atom stereocenters. The summed E-state index contributed by atoms with van der Waals surface area (Å²) >= 11 is 7.52. The van der Waals surface area contributed by atoms with Crippen molar-refractivity contribution in [2.75, 3.05) is 6.54 Å². The van der Waals surface area contributed by atoms with Crippen LogP contribution in [-0.4, -0.2) is 22.4 Å². The fourth-order valence-electron chi connectivity index (χ4n) is 2.46. The van der Waals surface area contributed by atoms with E-state index in [1.54, 1.807) is 17.7 Å². The molecule has 0 aliphatic rings. The van der Waals surface area contributed by atoms with Gasteiger partial charge in [-0.2, -0.15) is 0 Å². The van der Waals surface area contributed by atoms with Crippen LogP contribution < -0.4 is 5.32 Å². The smallest absolute Gasteiger partial charge is 0.220 e. The SMILES string of the molecule is O=C(CCc1ccc(Cl)cc1)NCCc1[nH]cnc1-c1cccs1. The van der Waals surface area contributed by atoms with Crippen LogP contribution in [0.4, 0.5) is 0 Å². The first kappa shape index (κ1) is 16.7. The number of imidazole rings is 1. The van der Waals surface area contributed by atoms with Crippen LogP contribution in [0, 0.1) is 0 Å². The van der Waals surface area contributed by atoms with E-state index in [9.17, 15) is 4.79 Å². The van der Waals surface area contributed by atoms with Crippen molar-refractivity contribution in [1.29, 1.82) is 0 Å². The Morgan fingerprint density at radius 2 is 2.04 bits per heavy atom. The molecular formula is C18H18ClN3OS. The number of carbonyl (C=O) groups excluding carboxylic acids is 1. The highest BCUT2D eigenvalue weighted by molar-refractivity contribution is 7.13. The molecule has 0 bridgehead atoms. The normalized spacial score (nSPS) is 10.7. The van der Waals surface area contributed by atoms with Crippen molar-refractivity contribution >= 4 is 28.8 Å². The van der Waals surface area contributed by atoms with Gasteiger partial charge in [-0.25, -0.2) is 4.98 Å². The number of halogens is 1. The average Bonchev–Trinajstić information content (AvgIpc) is 3.25. The van der Waals surface area contributed by atoms with Gasteiger partial charge in [-0.05, 0) is 35.6 Å². The van der Waals surface area contributed by atoms with E-state index in [4.69, 9.17) is 11.6 Å². The second kappa shape index (κ2) is 8.13. The summed E-state index contributed by atoms with van der Waals surface area (Å²) in [4.78, 5) is 20.6. The molecule has 1 amide bonds. The van der Waals surface area contributed by atoms with Gasteiger partial charge in [0, 0.05) is 30.1 Å². The van der Waals surface area contributed by atoms with Gasteiger partial charge in [0.25, 0.3) is 0 Å². The molecule has 0 atom stereocenters. The summed E-state index contributed by atoms with van der Waals surface area (Å²) in [5.41, 5.74) is 3.14. The van der Waals surface area contributed by atoms with Gasteiger partial charge < -0.3 is 10.3 Å². The molecule has 1 aromatic carbocycles. The van der Waals surface area contributed by atoms with E-state index in [0.29, 0.717) is 24.4 Å². The van der Waals surface area contributed by atoms with Crippen molar-refractivity contribution < 1.29 is 4.79 Å². The summed E-state index contributed by atoms with van der Waals surface area (Å²) < 4.78 is 0. The van der Waals surface area contributed by atoms with Crippen molar-refractivity contribution in [3.05, 3.63) is 64.4 Å². The Kier molecular flexibility index (Phi) is 5.67. The molecule has 2 N–H and O–H groups in total. The molecule has 24 heavy (non-hydrogen) atoms. The number of amides is 1. The van der Waals surface area contributed by atoms with Crippen molar-refractivity contribution in [2.45, 2.75) is 19.3 Å². The lowest BCUT2D eigenvalue weighted by Gasteiger charge is -2.06. The van der Waals surface area contributed by atoms with E-state index in [-0.39, 0.29) is 5.91 Å². The fraction of sp³-hybridized carbons (Fsp3) is 0.222. The van der Waals surface area contributed by atoms with Crippen LogP contribution in [0.5, 0.6) is 0 Å². The zero-order chi connectivity index (χ0) is 16.8. The molecule has 124 valence electrons. The number of aromatic nitrogens is 2. The summed E-state index contributed by atoms with van der Waals surface area (Å²) in [6.07, 6.45) is 3.63. The zero-order valence-corrected chi connectivity index (χ0v) is 14.7. The Labute approximate surface area is 149 Å². The summed E-state index contributed by atoms with van der Waals surface area (Å²) in [7, 11) is 0. The third-order valence-electron chi connectivity index (χ3n) is 3.72. The van der Waals surface area contributed by atoms with Crippen molar-refractivity contribution in [3.8, 4) is 10.6 Å². The van der Waals surface area contributed by atoms with Crippen LogP contribution in [-0.2, 0) is 17.6 Å². The first-order chi connectivity index (χ1) is 11.7. The topological polar surface area (TPSA) is 57.8 Å². The predicted molar refractivity (Wildman–Crippen MR) is 98.4 cm³/mol. The Hall–Kier alpha value is -2.11. The molecule has 0 aliphatic heterocycles. The first-order valence-electron chi connectivity index (χ1n) is 7.79. The fourth-order valence-corrected chi connectivity index (χ4v) is 3.34. The van der Waals surface area contributed by atoms with Gasteiger partial charge in [0.1, 0.15) is 5.69 Å². The van der Waals surface area contributed by atoms with Gasteiger partial charge in [0.05, 0.1) is 11.2 Å². The lowest BCUT2D eigenvalue weighted by molar-refractivity contribution is -0.121. The van der Waals surface area contributed by atoms with Gasteiger partial charge in [-0.15, -0.1) is 11.3 Å². The second-order valence-electron chi connectivity index (χ2n) is 5.43. The monoisotopic (exact) mass is 359 g/mol. The molecule has 3 aromatic rings. The second-order valence-corrected chi connectivity index (χ2v) is 6.82. The quantitative estimate of drug-likeness (QED) is 0.667. The van der Waals surface area contributed by atoms with Gasteiger partial charge in [-0.1, -0.05) is 29.8 Å². The highest BCUT2D eigenvalue weighted by Crippen LogP contribution is 2.25. The summed E-state index contributed by atoms with van der Waals surface area (Å²) in [6, 6.07) is 11.7. The van der Waals surface area contributed by atoms with Crippen LogP contribution in [0.3, 0.4) is 0 Å². The summed E-state index contributed by atoms with van der Waals surface area (Å²) in [5, 5.41) is 5.71. The third-order valence-corrected chi connectivity index (χ3v) is 4.85. The standard InChI is InChI=1S/C18H18ClN3OS/c19-14-6-3-13(4-7-14)5-8-17(23)20-10-9-15-18(22-12-21-15)16-2-1-11-24-16/h1-4,6-7,11-12H,5,8-10H2,(H,20,23)(H,21,22). The highest BCUT2D eigenvalue weighted by atomic mass is 35.5. The molecule has 4 nitrogen and oxygen atoms in total. The molecule has 0 saturated heterocycles. The Morgan fingerprint density at radius 3 is 2.79 bits per heavy atom. The Morgan fingerprint density at radius 1 is 1.21 bits per heavy atom. The predicted octanol–water partition coefficient (Wildman–Crippen LogP) is 4.08. The maximum Gasteiger partial charge on any atom is 0.220 e. The zero-order valence-electron chi connectivity index (χ0n) is 13.1. The maximum atomic E-state index is 12.0. The molecule has 6 heteroatoms. The van der Waals surface area contributed by atoms with Crippen molar-refractivity contribution in [1.82, 2.24) is 15.3 Å². The Balaban J connectivity index is 1.44. The van der Waals surface area contributed by atoms with E-state index in [2.05, 4.69) is 21.4 Å². The average molecular weight is 360 g/mol. The minimum atomic E-state index is 0.0575. The molecule has 0 fully saturated rings. The minimum absolute atomic E-state index is 0.0575. The van der Waals surface area contributed by atoms with Gasteiger partial charge >= 0.3 is 0 Å².